The first kappa shape index (κ1) is 91.1. The number of hydrogen-bond acceptors (Lipinski definition) is 15. The number of unbranched alkanes of at least 4 members (excludes halogenated alkanes) is 39. The van der Waals surface area contributed by atoms with Gasteiger partial charge < -0.3 is 33.8 Å². The van der Waals surface area contributed by atoms with E-state index in [4.69, 9.17) is 37.0 Å². The molecule has 0 heterocycles. The highest BCUT2D eigenvalue weighted by Crippen LogP contribution is 2.45. The Balaban J connectivity index is 5.22. The summed E-state index contributed by atoms with van der Waals surface area (Å²) < 4.78 is 68.4. The van der Waals surface area contributed by atoms with E-state index in [1.54, 1.807) is 0 Å². The molecule has 552 valence electrons. The summed E-state index contributed by atoms with van der Waals surface area (Å²) in [5.41, 5.74) is 0. The zero-order valence-corrected chi connectivity index (χ0v) is 62.5. The smallest absolute Gasteiger partial charge is 0.462 e. The minimum absolute atomic E-state index is 0.105. The summed E-state index contributed by atoms with van der Waals surface area (Å²) in [5.74, 6) is 0.194. The van der Waals surface area contributed by atoms with E-state index in [0.29, 0.717) is 31.6 Å². The van der Waals surface area contributed by atoms with Gasteiger partial charge in [0, 0.05) is 25.7 Å². The van der Waals surface area contributed by atoms with Crippen LogP contribution in [0.4, 0.5) is 0 Å². The third-order valence-electron chi connectivity index (χ3n) is 17.5. The number of hydrogen-bond donors (Lipinski definition) is 3. The molecule has 0 saturated carbocycles. The van der Waals surface area contributed by atoms with E-state index in [-0.39, 0.29) is 25.7 Å². The van der Waals surface area contributed by atoms with Crippen LogP contribution < -0.4 is 0 Å². The SMILES string of the molecule is CCCCCCCCCCCCC(=O)O[C@H](COC(=O)CCCCCCCCC(C)C)COP(=O)(O)OC[C@H](O)COP(=O)(O)OC[C@@H](COC(=O)CCCCCCCCCCCCCCCC(C)C)OC(=O)CCCCCCCCCCCCCCCCC(C)CC. The number of carbonyl (C=O) groups excluding carboxylic acids is 4. The second kappa shape index (κ2) is 64.7. The molecule has 0 amide bonds. The first-order valence-corrected chi connectivity index (χ1v) is 41.4. The van der Waals surface area contributed by atoms with Gasteiger partial charge in [-0.25, -0.2) is 9.13 Å². The van der Waals surface area contributed by atoms with Gasteiger partial charge in [-0.15, -0.1) is 0 Å². The number of aliphatic hydroxyl groups excluding tert-OH is 1. The number of esters is 4. The lowest BCUT2D eigenvalue weighted by Crippen LogP contribution is -2.30. The van der Waals surface area contributed by atoms with Crippen LogP contribution in [0.2, 0.25) is 0 Å². The molecule has 3 unspecified atom stereocenters. The highest BCUT2D eigenvalue weighted by Gasteiger charge is 2.30. The van der Waals surface area contributed by atoms with Gasteiger partial charge in [0.25, 0.3) is 0 Å². The normalized spacial score (nSPS) is 14.4. The molecule has 3 N–H and O–H groups in total. The average molecular weight is 1370 g/mol. The Hall–Kier alpha value is -1.94. The van der Waals surface area contributed by atoms with Crippen molar-refractivity contribution in [2.45, 2.75) is 394 Å². The highest BCUT2D eigenvalue weighted by atomic mass is 31.2. The molecule has 0 aromatic heterocycles. The fourth-order valence-corrected chi connectivity index (χ4v) is 12.8. The quantitative estimate of drug-likeness (QED) is 0.0222. The maximum absolute atomic E-state index is 13.1. The fraction of sp³-hybridized carbons (Fsp3) is 0.946. The Morgan fingerprint density at radius 2 is 0.548 bits per heavy atom. The molecule has 17 nitrogen and oxygen atoms in total. The fourth-order valence-electron chi connectivity index (χ4n) is 11.2. The largest absolute Gasteiger partial charge is 0.472 e. The molecule has 0 rings (SSSR count). The van der Waals surface area contributed by atoms with E-state index < -0.39 is 97.5 Å². The Kier molecular flexibility index (Phi) is 63.4. The standard InChI is InChI=1S/C74H144O17P2/c1-8-10-11-12-13-14-28-34-43-50-57-73(78)91-70(62-85-72(77)56-49-42-37-36-39-46-53-66(5)6)64-89-93(82,83)87-60-68(75)59-86-92(80,81)88-63-69(61-84-71(76)55-48-41-33-29-24-21-17-18-22-26-31-38-45-52-65(3)4)90-74(79)58-51-44-35-30-25-20-16-15-19-23-27-32-40-47-54-67(7)9-2/h65-70,75H,8-64H2,1-7H3,(H,80,81)(H,82,83)/t67?,68-,69-,70-/m1/s1. The third kappa shape index (κ3) is 67.0. The van der Waals surface area contributed by atoms with E-state index in [2.05, 4.69) is 48.5 Å². The van der Waals surface area contributed by atoms with Crippen molar-refractivity contribution in [3.8, 4) is 0 Å². The van der Waals surface area contributed by atoms with Crippen LogP contribution in [0, 0.1) is 17.8 Å². The van der Waals surface area contributed by atoms with Crippen molar-refractivity contribution in [2.75, 3.05) is 39.6 Å². The van der Waals surface area contributed by atoms with Crippen LogP contribution in [-0.4, -0.2) is 96.7 Å². The Bertz CT molecular complexity index is 1820. The number of carbonyl (C=O) groups is 4. The van der Waals surface area contributed by atoms with Gasteiger partial charge in [-0.05, 0) is 43.4 Å². The summed E-state index contributed by atoms with van der Waals surface area (Å²) in [6.45, 7) is 11.9. The van der Waals surface area contributed by atoms with Crippen LogP contribution in [0.5, 0.6) is 0 Å². The Morgan fingerprint density at radius 3 is 0.817 bits per heavy atom. The molecule has 0 spiro atoms. The molecule has 0 fully saturated rings. The molecule has 0 aliphatic rings. The lowest BCUT2D eigenvalue weighted by molar-refractivity contribution is -0.161. The van der Waals surface area contributed by atoms with Gasteiger partial charge >= 0.3 is 39.5 Å². The second-order valence-electron chi connectivity index (χ2n) is 27.9. The highest BCUT2D eigenvalue weighted by molar-refractivity contribution is 7.47. The van der Waals surface area contributed by atoms with Crippen molar-refractivity contribution >= 4 is 39.5 Å². The van der Waals surface area contributed by atoms with E-state index in [9.17, 15) is 43.2 Å². The maximum Gasteiger partial charge on any atom is 0.472 e. The van der Waals surface area contributed by atoms with Crippen molar-refractivity contribution in [1.29, 1.82) is 0 Å². The van der Waals surface area contributed by atoms with E-state index in [1.165, 1.54) is 180 Å². The topological polar surface area (TPSA) is 237 Å². The minimum atomic E-state index is -4.96. The van der Waals surface area contributed by atoms with Crippen molar-refractivity contribution < 1.29 is 80.2 Å². The molecule has 0 aliphatic carbocycles. The molecule has 6 atom stereocenters. The third-order valence-corrected chi connectivity index (χ3v) is 19.4. The first-order chi connectivity index (χ1) is 44.8. The summed E-state index contributed by atoms with van der Waals surface area (Å²) in [6, 6.07) is 0. The Morgan fingerprint density at radius 1 is 0.312 bits per heavy atom. The van der Waals surface area contributed by atoms with E-state index >= 15 is 0 Å². The molecule has 0 radical (unpaired) electrons. The maximum atomic E-state index is 13.1. The van der Waals surface area contributed by atoms with Crippen molar-refractivity contribution in [3.05, 3.63) is 0 Å². The zero-order chi connectivity index (χ0) is 68.7. The van der Waals surface area contributed by atoms with Gasteiger partial charge in [0.1, 0.15) is 19.3 Å². The number of aliphatic hydroxyl groups is 1. The van der Waals surface area contributed by atoms with Crippen LogP contribution in [0.25, 0.3) is 0 Å². The number of phosphoric acid groups is 2. The molecular formula is C74H144O17P2. The summed E-state index contributed by atoms with van der Waals surface area (Å²) in [6.07, 6.45) is 50.0. The van der Waals surface area contributed by atoms with E-state index in [1.807, 2.05) is 0 Å². The summed E-state index contributed by atoms with van der Waals surface area (Å²) in [4.78, 5) is 72.6. The van der Waals surface area contributed by atoms with Crippen molar-refractivity contribution in [1.82, 2.24) is 0 Å². The lowest BCUT2D eigenvalue weighted by Gasteiger charge is -2.21. The summed E-state index contributed by atoms with van der Waals surface area (Å²) in [5, 5.41) is 10.6. The van der Waals surface area contributed by atoms with Crippen LogP contribution >= 0.6 is 15.6 Å². The molecule has 0 saturated heterocycles. The molecule has 0 aromatic rings. The van der Waals surface area contributed by atoms with Crippen LogP contribution in [0.1, 0.15) is 376 Å². The molecule has 93 heavy (non-hydrogen) atoms. The minimum Gasteiger partial charge on any atom is -0.462 e. The van der Waals surface area contributed by atoms with Gasteiger partial charge in [-0.1, -0.05) is 325 Å². The lowest BCUT2D eigenvalue weighted by atomic mass is 9.99. The van der Waals surface area contributed by atoms with Crippen molar-refractivity contribution in [2.24, 2.45) is 17.8 Å². The number of phosphoric ester groups is 2. The molecule has 0 aromatic carbocycles. The zero-order valence-electron chi connectivity index (χ0n) is 60.7. The first-order valence-electron chi connectivity index (χ1n) is 38.4. The van der Waals surface area contributed by atoms with Crippen LogP contribution in [-0.2, 0) is 65.4 Å². The summed E-state index contributed by atoms with van der Waals surface area (Å²) in [7, 11) is -9.90. The summed E-state index contributed by atoms with van der Waals surface area (Å²) >= 11 is 0. The number of ether oxygens (including phenoxy) is 4. The second-order valence-corrected chi connectivity index (χ2v) is 30.8. The van der Waals surface area contributed by atoms with Gasteiger partial charge in [0.05, 0.1) is 26.4 Å². The van der Waals surface area contributed by atoms with Crippen molar-refractivity contribution in [3.63, 3.8) is 0 Å². The predicted molar refractivity (Wildman–Crippen MR) is 377 cm³/mol. The van der Waals surface area contributed by atoms with Gasteiger partial charge in [-0.2, -0.15) is 0 Å². The van der Waals surface area contributed by atoms with Crippen LogP contribution in [0.3, 0.4) is 0 Å². The monoisotopic (exact) mass is 1370 g/mol. The van der Waals surface area contributed by atoms with E-state index in [0.717, 1.165) is 108 Å². The average Bonchev–Trinajstić information content (AvgIpc) is 3.07. The van der Waals surface area contributed by atoms with Gasteiger partial charge in [0.2, 0.25) is 0 Å². The van der Waals surface area contributed by atoms with Gasteiger partial charge in [-0.3, -0.25) is 37.3 Å². The van der Waals surface area contributed by atoms with Gasteiger partial charge in [0.15, 0.2) is 12.2 Å². The Labute approximate surface area is 568 Å². The number of rotatable bonds is 72. The molecule has 19 heteroatoms. The molecule has 0 aliphatic heterocycles. The molecule has 0 bridgehead atoms. The predicted octanol–water partition coefficient (Wildman–Crippen LogP) is 21.4. The molecular weight excluding hydrogens is 1220 g/mol. The van der Waals surface area contributed by atoms with Crippen LogP contribution in [0.15, 0.2) is 0 Å².